The zero-order chi connectivity index (χ0) is 8.53. The largest absolute Gasteiger partial charge is 0.353 e. The van der Waals surface area contributed by atoms with Gasteiger partial charge in [0.15, 0.2) is 6.29 Å². The summed E-state index contributed by atoms with van der Waals surface area (Å²) in [6.07, 6.45) is 3.45. The topological polar surface area (TPSA) is 18.5 Å². The van der Waals surface area contributed by atoms with Crippen LogP contribution in [0.4, 0.5) is 0 Å². The van der Waals surface area contributed by atoms with E-state index in [2.05, 4.69) is 6.92 Å². The summed E-state index contributed by atoms with van der Waals surface area (Å²) in [6.45, 7) is 7.66. The van der Waals surface area contributed by atoms with Crippen molar-refractivity contribution in [2.24, 2.45) is 0 Å². The first-order valence-corrected chi connectivity index (χ1v) is 4.58. The van der Waals surface area contributed by atoms with E-state index < -0.39 is 0 Å². The van der Waals surface area contributed by atoms with Crippen LogP contribution in [-0.2, 0) is 9.47 Å². The van der Waals surface area contributed by atoms with Gasteiger partial charge in [-0.15, -0.1) is 0 Å². The first-order chi connectivity index (χ1) is 5.35. The Hall–Kier alpha value is 1.18. The van der Waals surface area contributed by atoms with Crippen LogP contribution in [0.1, 0.15) is 40.0 Å². The third-order valence-corrected chi connectivity index (χ3v) is 1.50. The van der Waals surface area contributed by atoms with Gasteiger partial charge in [0.1, 0.15) is 0 Å². The molecule has 76 valence electrons. The fourth-order valence-corrected chi connectivity index (χ4v) is 0.957. The van der Waals surface area contributed by atoms with Gasteiger partial charge < -0.3 is 9.47 Å². The molecule has 0 aromatic heterocycles. The van der Waals surface area contributed by atoms with Crippen LogP contribution in [-0.4, -0.2) is 19.5 Å². The molecule has 0 heterocycles. The monoisotopic (exact) mass is 200 g/mol. The van der Waals surface area contributed by atoms with Crippen LogP contribution in [0, 0.1) is 37.7 Å². The third-order valence-electron chi connectivity index (χ3n) is 1.50. The summed E-state index contributed by atoms with van der Waals surface area (Å²) in [5.74, 6) is 0. The Balaban J connectivity index is 0. The first kappa shape index (κ1) is 15.6. The molecule has 0 N–H and O–H groups in total. The molecule has 0 bridgehead atoms. The van der Waals surface area contributed by atoms with Gasteiger partial charge >= 0.3 is 0 Å². The molecule has 0 aliphatic carbocycles. The molecule has 3 heteroatoms. The van der Waals surface area contributed by atoms with Crippen molar-refractivity contribution in [1.29, 1.82) is 0 Å². The van der Waals surface area contributed by atoms with Crippen LogP contribution in [0.25, 0.3) is 0 Å². The Morgan fingerprint density at radius 1 is 1.00 bits per heavy atom. The summed E-state index contributed by atoms with van der Waals surface area (Å²) in [5, 5.41) is 0. The Bertz CT molecular complexity index is 72.9. The number of unbranched alkanes of at least 4 members (excludes halogenated alkanes) is 1. The predicted molar refractivity (Wildman–Crippen MR) is 46.6 cm³/mol. The zero-order valence-corrected chi connectivity index (χ0v) is 8.99. The molecule has 0 aromatic rings. The smallest absolute Gasteiger partial charge is 0.157 e. The Labute approximate surface area is 106 Å². The minimum Gasteiger partial charge on any atom is -0.353 e. The summed E-state index contributed by atoms with van der Waals surface area (Å²) in [6, 6.07) is 0. The van der Waals surface area contributed by atoms with E-state index in [-0.39, 0.29) is 44.0 Å². The molecular weight excluding hydrogens is 180 g/mol. The van der Waals surface area contributed by atoms with Crippen molar-refractivity contribution < 1.29 is 47.2 Å². The standard InChI is InChI=1S/C9H20O2.Ar/c1-4-7-8-9(10-5-2)11-6-3;/h9H,4-8H2,1-3H3;. The molecule has 0 spiro atoms. The van der Waals surface area contributed by atoms with Gasteiger partial charge in [-0.25, -0.2) is 0 Å². The van der Waals surface area contributed by atoms with Crippen LogP contribution in [0.3, 0.4) is 0 Å². The normalized spacial score (nSPS) is 10.0. The minimum absolute atomic E-state index is 0. The SMILES string of the molecule is CCCCC(OCC)OCC.[Ar]. The predicted octanol–water partition coefficient (Wildman–Crippen LogP) is 2.58. The molecule has 0 saturated heterocycles. The minimum atomic E-state index is 0. The van der Waals surface area contributed by atoms with E-state index in [9.17, 15) is 0 Å². The average molecular weight is 200 g/mol. The second-order valence-corrected chi connectivity index (χ2v) is 2.48. The van der Waals surface area contributed by atoms with Crippen molar-refractivity contribution in [3.05, 3.63) is 0 Å². The van der Waals surface area contributed by atoms with Gasteiger partial charge in [0.2, 0.25) is 0 Å². The number of ether oxygens (including phenoxy) is 2. The fraction of sp³-hybridized carbons (Fsp3) is 1.00. The second-order valence-electron chi connectivity index (χ2n) is 2.48. The van der Waals surface area contributed by atoms with Crippen LogP contribution < -0.4 is 0 Å². The van der Waals surface area contributed by atoms with E-state index in [4.69, 9.17) is 9.47 Å². The van der Waals surface area contributed by atoms with Gasteiger partial charge in [0.25, 0.3) is 0 Å². The summed E-state index contributed by atoms with van der Waals surface area (Å²) < 4.78 is 10.7. The van der Waals surface area contributed by atoms with Crippen LogP contribution in [0.15, 0.2) is 0 Å². The van der Waals surface area contributed by atoms with Crippen molar-refractivity contribution in [2.45, 2.75) is 46.3 Å². The molecule has 0 rings (SSSR count). The molecule has 0 saturated carbocycles. The van der Waals surface area contributed by atoms with Gasteiger partial charge in [0.05, 0.1) is 0 Å². The third kappa shape index (κ3) is 9.27. The van der Waals surface area contributed by atoms with Gasteiger partial charge in [-0.05, 0) is 26.7 Å². The Kier molecular flexibility index (Phi) is 15.9. The summed E-state index contributed by atoms with van der Waals surface area (Å²) in [5.41, 5.74) is 0. The Morgan fingerprint density at radius 3 is 1.83 bits per heavy atom. The molecule has 0 aliphatic rings. The summed E-state index contributed by atoms with van der Waals surface area (Å²) in [4.78, 5) is 0. The quantitative estimate of drug-likeness (QED) is 0.588. The van der Waals surface area contributed by atoms with Crippen molar-refractivity contribution in [1.82, 2.24) is 0 Å². The molecule has 2 nitrogen and oxygen atoms in total. The van der Waals surface area contributed by atoms with Crippen molar-refractivity contribution >= 4 is 0 Å². The molecule has 0 amide bonds. The van der Waals surface area contributed by atoms with E-state index in [1.807, 2.05) is 13.8 Å². The fourth-order valence-electron chi connectivity index (χ4n) is 0.957. The van der Waals surface area contributed by atoms with E-state index in [1.54, 1.807) is 0 Å². The van der Waals surface area contributed by atoms with E-state index >= 15 is 0 Å². The summed E-state index contributed by atoms with van der Waals surface area (Å²) >= 11 is 0. The van der Waals surface area contributed by atoms with Crippen molar-refractivity contribution in [3.8, 4) is 0 Å². The molecule has 0 aromatic carbocycles. The molecule has 0 fully saturated rings. The molecular formula is C9H20ArO2. The Morgan fingerprint density at radius 2 is 1.50 bits per heavy atom. The molecule has 0 aliphatic heterocycles. The van der Waals surface area contributed by atoms with Gasteiger partial charge in [-0.3, -0.25) is 0 Å². The number of hydrogen-bond acceptors (Lipinski definition) is 2. The second kappa shape index (κ2) is 12.2. The number of hydrogen-bond donors (Lipinski definition) is 0. The van der Waals surface area contributed by atoms with Gasteiger partial charge in [-0.2, -0.15) is 0 Å². The molecule has 0 atom stereocenters. The maximum Gasteiger partial charge on any atom is 0.157 e. The van der Waals surface area contributed by atoms with Crippen LogP contribution in [0.5, 0.6) is 0 Å². The van der Waals surface area contributed by atoms with E-state index in [1.165, 1.54) is 12.8 Å². The van der Waals surface area contributed by atoms with Crippen molar-refractivity contribution in [2.75, 3.05) is 13.2 Å². The first-order valence-electron chi connectivity index (χ1n) is 4.58. The maximum absolute atomic E-state index is 5.36. The van der Waals surface area contributed by atoms with Crippen molar-refractivity contribution in [3.63, 3.8) is 0 Å². The van der Waals surface area contributed by atoms with Crippen LogP contribution in [0.2, 0.25) is 0 Å². The molecule has 0 radical (unpaired) electrons. The van der Waals surface area contributed by atoms with E-state index in [0.717, 1.165) is 19.6 Å². The van der Waals surface area contributed by atoms with Crippen LogP contribution >= 0.6 is 0 Å². The summed E-state index contributed by atoms with van der Waals surface area (Å²) in [7, 11) is 0. The van der Waals surface area contributed by atoms with Gasteiger partial charge in [-0.1, -0.05) is 13.3 Å². The molecule has 0 unspecified atom stereocenters. The molecule has 12 heavy (non-hydrogen) atoms. The van der Waals surface area contributed by atoms with Gasteiger partial charge in [0, 0.05) is 51.0 Å². The maximum atomic E-state index is 5.36. The van der Waals surface area contributed by atoms with E-state index in [0.29, 0.717) is 0 Å². The zero-order valence-electron chi connectivity index (χ0n) is 8.28. The average Bonchev–Trinajstić information content (AvgIpc) is 2.01. The number of rotatable bonds is 7.